The predicted octanol–water partition coefficient (Wildman–Crippen LogP) is 7.30. The van der Waals surface area contributed by atoms with Crippen LogP contribution in [0.25, 0.3) is 0 Å². The van der Waals surface area contributed by atoms with Crippen molar-refractivity contribution in [3.8, 4) is 0 Å². The van der Waals surface area contributed by atoms with Crippen LogP contribution in [0.4, 0.5) is 0 Å². The Kier molecular flexibility index (Phi) is 50.4. The van der Waals surface area contributed by atoms with Gasteiger partial charge in [0.25, 0.3) is 0 Å². The Bertz CT molecular complexity index is 806. The third kappa shape index (κ3) is 50.7. The molecule has 0 radical (unpaired) electrons. The molecule has 0 aliphatic carbocycles. The maximum Gasteiger partial charge on any atom is 0.305 e. The molecule has 0 aliphatic rings. The summed E-state index contributed by atoms with van der Waals surface area (Å²) in [7, 11) is 0. The van der Waals surface area contributed by atoms with E-state index in [-0.39, 0.29) is 25.2 Å². The van der Waals surface area contributed by atoms with E-state index >= 15 is 0 Å². The zero-order valence-corrected chi connectivity index (χ0v) is 37.0. The molecule has 0 spiro atoms. The molecule has 0 bridgehead atoms. The van der Waals surface area contributed by atoms with Crippen LogP contribution >= 0.6 is 0 Å². The summed E-state index contributed by atoms with van der Waals surface area (Å²) in [5, 5.41) is 0. The van der Waals surface area contributed by atoms with Crippen molar-refractivity contribution in [2.45, 2.75) is 129 Å². The minimum absolute atomic E-state index is 0.135. The first-order valence-corrected chi connectivity index (χ1v) is 22.8. The molecule has 0 heterocycles. The van der Waals surface area contributed by atoms with E-state index in [2.05, 4.69) is 13.8 Å². The van der Waals surface area contributed by atoms with Crippen molar-refractivity contribution in [1.82, 2.24) is 0 Å². The van der Waals surface area contributed by atoms with Gasteiger partial charge in [-0.1, -0.05) is 104 Å². The highest BCUT2D eigenvalue weighted by Crippen LogP contribution is 2.13. The van der Waals surface area contributed by atoms with E-state index in [1.165, 1.54) is 70.6 Å². The normalized spacial score (nSPS) is 11.4. The number of rotatable bonds is 51. The summed E-state index contributed by atoms with van der Waals surface area (Å²) in [5.41, 5.74) is 0. The molecule has 0 atom stereocenters. The number of hydrogen-bond acceptors (Lipinski definition) is 14. The third-order valence-corrected chi connectivity index (χ3v) is 8.80. The highest BCUT2D eigenvalue weighted by molar-refractivity contribution is 5.69. The monoisotopic (exact) mass is 839 g/mol. The van der Waals surface area contributed by atoms with Crippen LogP contribution in [-0.2, 0) is 66.4 Å². The summed E-state index contributed by atoms with van der Waals surface area (Å²) >= 11 is 0. The topological polar surface area (TPSA) is 145 Å². The smallest absolute Gasteiger partial charge is 0.305 e. The van der Waals surface area contributed by atoms with Crippen LogP contribution in [0.5, 0.6) is 0 Å². The van der Waals surface area contributed by atoms with E-state index in [1.807, 2.05) is 0 Å². The van der Waals surface area contributed by atoms with Gasteiger partial charge in [-0.25, -0.2) is 0 Å². The SMILES string of the molecule is CCCCCCCCCCCCCCCC(=O)OCCOCCOCCOCCOCCOCCOCCOCCOCCOCCOCCOC(=O)CCCCC. The van der Waals surface area contributed by atoms with E-state index in [0.717, 1.165) is 32.1 Å². The van der Waals surface area contributed by atoms with Crippen molar-refractivity contribution >= 4 is 11.9 Å². The molecule has 0 aromatic rings. The highest BCUT2D eigenvalue weighted by atomic mass is 16.6. The molecular weight excluding hydrogens is 752 g/mol. The highest BCUT2D eigenvalue weighted by Gasteiger charge is 2.04. The lowest BCUT2D eigenvalue weighted by atomic mass is 10.0. The maximum absolute atomic E-state index is 11.9. The van der Waals surface area contributed by atoms with Crippen molar-refractivity contribution in [3.63, 3.8) is 0 Å². The maximum atomic E-state index is 11.9. The number of ether oxygens (including phenoxy) is 12. The van der Waals surface area contributed by atoms with Crippen LogP contribution in [0.15, 0.2) is 0 Å². The van der Waals surface area contributed by atoms with Gasteiger partial charge in [-0.15, -0.1) is 0 Å². The van der Waals surface area contributed by atoms with Crippen molar-refractivity contribution < 1.29 is 66.4 Å². The molecule has 346 valence electrons. The second-order valence-electron chi connectivity index (χ2n) is 14.0. The van der Waals surface area contributed by atoms with E-state index in [4.69, 9.17) is 56.8 Å². The van der Waals surface area contributed by atoms with Crippen LogP contribution in [0.2, 0.25) is 0 Å². The summed E-state index contributed by atoms with van der Waals surface area (Å²) < 4.78 is 65.1. The summed E-state index contributed by atoms with van der Waals surface area (Å²) in [4.78, 5) is 23.4. The van der Waals surface area contributed by atoms with Gasteiger partial charge in [0, 0.05) is 12.8 Å². The lowest BCUT2D eigenvalue weighted by Gasteiger charge is -2.09. The molecule has 0 fully saturated rings. The Labute approximate surface area is 352 Å². The molecule has 0 aromatic carbocycles. The van der Waals surface area contributed by atoms with E-state index in [1.54, 1.807) is 0 Å². The predicted molar refractivity (Wildman–Crippen MR) is 225 cm³/mol. The first kappa shape index (κ1) is 56.5. The molecular formula is C44H86O14. The van der Waals surface area contributed by atoms with Crippen LogP contribution < -0.4 is 0 Å². The molecule has 14 nitrogen and oxygen atoms in total. The number of carbonyl (C=O) groups excluding carboxylic acids is 2. The molecule has 0 aliphatic heterocycles. The second kappa shape index (κ2) is 51.7. The van der Waals surface area contributed by atoms with Crippen molar-refractivity contribution in [3.05, 3.63) is 0 Å². The number of hydrogen-bond donors (Lipinski definition) is 0. The summed E-state index contributed by atoms with van der Waals surface area (Å²) in [6, 6.07) is 0. The quantitative estimate of drug-likeness (QED) is 0.0446. The van der Waals surface area contributed by atoms with Crippen LogP contribution in [-0.4, -0.2) is 157 Å². The Morgan fingerprint density at radius 2 is 0.414 bits per heavy atom. The zero-order chi connectivity index (χ0) is 41.9. The summed E-state index contributed by atoms with van der Waals surface area (Å²) in [5.74, 6) is -0.296. The van der Waals surface area contributed by atoms with E-state index in [9.17, 15) is 9.59 Å². The Morgan fingerprint density at radius 1 is 0.241 bits per heavy atom. The van der Waals surface area contributed by atoms with Gasteiger partial charge >= 0.3 is 11.9 Å². The largest absolute Gasteiger partial charge is 0.463 e. The minimum atomic E-state index is -0.161. The molecule has 14 heteroatoms. The molecule has 0 N–H and O–H groups in total. The van der Waals surface area contributed by atoms with E-state index in [0.29, 0.717) is 145 Å². The Morgan fingerprint density at radius 3 is 0.655 bits per heavy atom. The van der Waals surface area contributed by atoms with Crippen molar-refractivity contribution in [1.29, 1.82) is 0 Å². The molecule has 0 unspecified atom stereocenters. The van der Waals surface area contributed by atoms with Gasteiger partial charge in [-0.3, -0.25) is 9.59 Å². The summed E-state index contributed by atoms with van der Waals surface area (Å²) in [6.45, 7) is 14.4. The molecule has 0 saturated heterocycles. The number of unbranched alkanes of at least 4 members (excludes halogenated alkanes) is 14. The van der Waals surface area contributed by atoms with Crippen molar-refractivity contribution in [2.75, 3.05) is 145 Å². The van der Waals surface area contributed by atoms with Gasteiger partial charge in [0.2, 0.25) is 0 Å². The fraction of sp³-hybridized carbons (Fsp3) is 0.955. The van der Waals surface area contributed by atoms with Gasteiger partial charge in [-0.2, -0.15) is 0 Å². The second-order valence-corrected chi connectivity index (χ2v) is 14.0. The summed E-state index contributed by atoms with van der Waals surface area (Å²) in [6.07, 6.45) is 20.8. The van der Waals surface area contributed by atoms with Crippen LogP contribution in [0.1, 0.15) is 129 Å². The zero-order valence-electron chi connectivity index (χ0n) is 37.0. The first-order chi connectivity index (χ1) is 28.7. The molecule has 0 aromatic heterocycles. The molecule has 0 saturated carbocycles. The standard InChI is InChI=1S/C44H86O14/c1-3-5-7-8-9-10-11-12-13-14-15-16-18-20-44(46)58-42-40-56-38-36-54-34-32-52-30-28-50-26-24-48-22-21-47-23-25-49-27-29-51-31-33-53-35-37-55-39-41-57-43(45)19-17-6-4-2/h3-42H2,1-2H3. The fourth-order valence-electron chi connectivity index (χ4n) is 5.46. The van der Waals surface area contributed by atoms with Gasteiger partial charge in [0.05, 0.1) is 132 Å². The third-order valence-electron chi connectivity index (χ3n) is 8.80. The lowest BCUT2D eigenvalue weighted by molar-refractivity contribution is -0.146. The van der Waals surface area contributed by atoms with Gasteiger partial charge in [-0.05, 0) is 12.8 Å². The van der Waals surface area contributed by atoms with E-state index < -0.39 is 0 Å². The molecule has 0 amide bonds. The average Bonchev–Trinajstić information content (AvgIpc) is 3.22. The van der Waals surface area contributed by atoms with Gasteiger partial charge in [0.1, 0.15) is 13.2 Å². The number of esters is 2. The fourth-order valence-corrected chi connectivity index (χ4v) is 5.46. The van der Waals surface area contributed by atoms with Gasteiger partial charge in [0.15, 0.2) is 0 Å². The molecule has 58 heavy (non-hydrogen) atoms. The molecule has 0 rings (SSSR count). The average molecular weight is 839 g/mol. The van der Waals surface area contributed by atoms with Crippen LogP contribution in [0, 0.1) is 0 Å². The minimum Gasteiger partial charge on any atom is -0.463 e. The first-order valence-electron chi connectivity index (χ1n) is 22.8. The Hall–Kier alpha value is -1.46. The Balaban J connectivity index is 3.14. The number of carbonyl (C=O) groups is 2. The van der Waals surface area contributed by atoms with Gasteiger partial charge < -0.3 is 56.8 Å². The van der Waals surface area contributed by atoms with Crippen LogP contribution in [0.3, 0.4) is 0 Å². The lowest BCUT2D eigenvalue weighted by Crippen LogP contribution is -2.16. The van der Waals surface area contributed by atoms with Crippen molar-refractivity contribution in [2.24, 2.45) is 0 Å².